The number of benzene rings is 1. The van der Waals surface area contributed by atoms with Crippen LogP contribution < -0.4 is 0 Å². The van der Waals surface area contributed by atoms with Crippen LogP contribution in [0.2, 0.25) is 0 Å². The minimum absolute atomic E-state index is 0.241. The topological polar surface area (TPSA) is 42.1 Å². The predicted molar refractivity (Wildman–Crippen MR) is 63.3 cm³/mol. The van der Waals surface area contributed by atoms with Crippen LogP contribution in [0.15, 0.2) is 18.2 Å². The van der Waals surface area contributed by atoms with Gasteiger partial charge < -0.3 is 9.72 Å². The van der Waals surface area contributed by atoms with Gasteiger partial charge in [-0.05, 0) is 37.1 Å². The van der Waals surface area contributed by atoms with Crippen molar-refractivity contribution in [1.82, 2.24) is 4.98 Å². The van der Waals surface area contributed by atoms with Crippen molar-refractivity contribution >= 4 is 16.9 Å². The molecular formula is C13H14FNO2. The zero-order valence-corrected chi connectivity index (χ0v) is 9.84. The Morgan fingerprint density at radius 1 is 1.47 bits per heavy atom. The summed E-state index contributed by atoms with van der Waals surface area (Å²) in [7, 11) is 1.37. The third-order valence-corrected chi connectivity index (χ3v) is 2.93. The van der Waals surface area contributed by atoms with E-state index < -0.39 is 0 Å². The van der Waals surface area contributed by atoms with Crippen LogP contribution in [0.4, 0.5) is 4.39 Å². The van der Waals surface area contributed by atoms with E-state index in [0.29, 0.717) is 12.8 Å². The minimum Gasteiger partial charge on any atom is -0.469 e. The number of carbonyl (C=O) groups excluding carboxylic acids is 1. The first-order valence-electron chi connectivity index (χ1n) is 5.45. The normalized spacial score (nSPS) is 10.8. The van der Waals surface area contributed by atoms with Gasteiger partial charge in [-0.3, -0.25) is 4.79 Å². The molecule has 0 aliphatic heterocycles. The molecule has 1 heterocycles. The number of esters is 1. The second kappa shape index (κ2) is 4.57. The van der Waals surface area contributed by atoms with Crippen molar-refractivity contribution in [2.75, 3.05) is 7.11 Å². The molecule has 0 aliphatic rings. The molecule has 3 nitrogen and oxygen atoms in total. The second-order valence-corrected chi connectivity index (χ2v) is 3.99. The summed E-state index contributed by atoms with van der Waals surface area (Å²) in [6.07, 6.45) is 0.904. The number of fused-ring (bicyclic) bond motifs is 1. The van der Waals surface area contributed by atoms with Gasteiger partial charge in [0, 0.05) is 16.6 Å². The molecule has 90 valence electrons. The number of rotatable bonds is 3. The van der Waals surface area contributed by atoms with Crippen molar-refractivity contribution in [3.8, 4) is 0 Å². The van der Waals surface area contributed by atoms with E-state index in [9.17, 15) is 9.18 Å². The lowest BCUT2D eigenvalue weighted by Gasteiger charge is -1.99. The summed E-state index contributed by atoms with van der Waals surface area (Å²) in [6, 6.07) is 4.63. The van der Waals surface area contributed by atoms with Gasteiger partial charge in [0.2, 0.25) is 0 Å². The van der Waals surface area contributed by atoms with Crippen LogP contribution in [0.25, 0.3) is 10.9 Å². The fraction of sp³-hybridized carbons (Fsp3) is 0.308. The van der Waals surface area contributed by atoms with Crippen molar-refractivity contribution < 1.29 is 13.9 Å². The summed E-state index contributed by atoms with van der Waals surface area (Å²) in [5, 5.41) is 0.866. The molecule has 17 heavy (non-hydrogen) atoms. The van der Waals surface area contributed by atoms with E-state index in [4.69, 9.17) is 0 Å². The molecule has 4 heteroatoms. The average molecular weight is 235 g/mol. The third kappa shape index (κ3) is 2.30. The van der Waals surface area contributed by atoms with Gasteiger partial charge in [0.1, 0.15) is 5.82 Å². The Morgan fingerprint density at radius 3 is 2.94 bits per heavy atom. The zero-order valence-electron chi connectivity index (χ0n) is 9.84. The summed E-state index contributed by atoms with van der Waals surface area (Å²) >= 11 is 0. The number of aromatic nitrogens is 1. The van der Waals surface area contributed by atoms with Crippen LogP contribution in [-0.2, 0) is 16.0 Å². The van der Waals surface area contributed by atoms with Gasteiger partial charge in [0.25, 0.3) is 0 Å². The largest absolute Gasteiger partial charge is 0.469 e. The van der Waals surface area contributed by atoms with Crippen molar-refractivity contribution in [1.29, 1.82) is 0 Å². The Morgan fingerprint density at radius 2 is 2.24 bits per heavy atom. The highest BCUT2D eigenvalue weighted by Crippen LogP contribution is 2.23. The van der Waals surface area contributed by atoms with Crippen LogP contribution in [-0.4, -0.2) is 18.1 Å². The third-order valence-electron chi connectivity index (χ3n) is 2.93. The number of carbonyl (C=O) groups is 1. The molecule has 1 aromatic carbocycles. The first-order chi connectivity index (χ1) is 8.11. The lowest BCUT2D eigenvalue weighted by Crippen LogP contribution is -2.02. The average Bonchev–Trinajstić information content (AvgIpc) is 2.63. The number of methoxy groups -OCH3 is 1. The molecule has 0 amide bonds. The molecular weight excluding hydrogens is 221 g/mol. The van der Waals surface area contributed by atoms with Gasteiger partial charge in [0.05, 0.1) is 13.5 Å². The highest BCUT2D eigenvalue weighted by atomic mass is 19.1. The first-order valence-corrected chi connectivity index (χ1v) is 5.45. The summed E-state index contributed by atoms with van der Waals surface area (Å²) < 4.78 is 17.7. The Kier molecular flexibility index (Phi) is 3.13. The molecule has 2 rings (SSSR count). The van der Waals surface area contributed by atoms with E-state index in [1.165, 1.54) is 19.2 Å². The summed E-state index contributed by atoms with van der Waals surface area (Å²) in [4.78, 5) is 14.3. The van der Waals surface area contributed by atoms with E-state index in [1.807, 2.05) is 6.92 Å². The zero-order chi connectivity index (χ0) is 12.4. The molecule has 0 radical (unpaired) electrons. The van der Waals surface area contributed by atoms with Gasteiger partial charge in [0.15, 0.2) is 0 Å². The quantitative estimate of drug-likeness (QED) is 0.831. The molecule has 2 aromatic rings. The lowest BCUT2D eigenvalue weighted by atomic mass is 10.1. The maximum atomic E-state index is 13.1. The van der Waals surface area contributed by atoms with Crippen LogP contribution in [0.5, 0.6) is 0 Å². The van der Waals surface area contributed by atoms with E-state index in [0.717, 1.165) is 22.2 Å². The Balaban J connectivity index is 2.29. The highest BCUT2D eigenvalue weighted by Gasteiger charge is 2.10. The van der Waals surface area contributed by atoms with Crippen LogP contribution >= 0.6 is 0 Å². The number of hydrogen-bond donors (Lipinski definition) is 1. The lowest BCUT2D eigenvalue weighted by molar-refractivity contribution is -0.140. The Hall–Kier alpha value is -1.84. The Labute approximate surface area is 98.6 Å². The molecule has 0 aliphatic carbocycles. The van der Waals surface area contributed by atoms with Gasteiger partial charge in [-0.25, -0.2) is 4.39 Å². The van der Waals surface area contributed by atoms with Crippen LogP contribution in [0, 0.1) is 12.7 Å². The molecule has 0 unspecified atom stereocenters. The molecule has 0 atom stereocenters. The number of aromatic amines is 1. The number of halogens is 1. The minimum atomic E-state index is -0.251. The van der Waals surface area contributed by atoms with Gasteiger partial charge >= 0.3 is 5.97 Å². The Bertz CT molecular complexity index is 560. The maximum Gasteiger partial charge on any atom is 0.305 e. The van der Waals surface area contributed by atoms with Gasteiger partial charge in [-0.2, -0.15) is 0 Å². The van der Waals surface area contributed by atoms with E-state index >= 15 is 0 Å². The van der Waals surface area contributed by atoms with Crippen molar-refractivity contribution in [2.24, 2.45) is 0 Å². The molecule has 0 spiro atoms. The maximum absolute atomic E-state index is 13.1. The number of nitrogens with one attached hydrogen (secondary N) is 1. The van der Waals surface area contributed by atoms with E-state index in [2.05, 4.69) is 9.72 Å². The van der Waals surface area contributed by atoms with E-state index in [-0.39, 0.29) is 11.8 Å². The van der Waals surface area contributed by atoms with Crippen LogP contribution in [0.3, 0.4) is 0 Å². The van der Waals surface area contributed by atoms with Crippen molar-refractivity contribution in [2.45, 2.75) is 19.8 Å². The molecule has 0 fully saturated rings. The van der Waals surface area contributed by atoms with Gasteiger partial charge in [-0.1, -0.05) is 0 Å². The van der Waals surface area contributed by atoms with Crippen molar-refractivity contribution in [3.63, 3.8) is 0 Å². The fourth-order valence-electron chi connectivity index (χ4n) is 1.93. The smallest absolute Gasteiger partial charge is 0.305 e. The molecule has 0 bridgehead atoms. The predicted octanol–water partition coefficient (Wildman–Crippen LogP) is 2.72. The first kappa shape index (κ1) is 11.6. The second-order valence-electron chi connectivity index (χ2n) is 3.99. The summed E-state index contributed by atoms with van der Waals surface area (Å²) in [6.45, 7) is 1.92. The van der Waals surface area contributed by atoms with Crippen LogP contribution in [0.1, 0.15) is 17.7 Å². The SMILES string of the molecule is COC(=O)CCc1[nH]c2ccc(F)cc2c1C. The number of aryl methyl sites for hydroxylation is 2. The molecule has 1 N–H and O–H groups in total. The summed E-state index contributed by atoms with van der Waals surface area (Å²) in [5.41, 5.74) is 2.84. The molecule has 0 saturated heterocycles. The number of hydrogen-bond acceptors (Lipinski definition) is 2. The number of ether oxygens (including phenoxy) is 1. The highest BCUT2D eigenvalue weighted by molar-refractivity contribution is 5.84. The van der Waals surface area contributed by atoms with Crippen molar-refractivity contribution in [3.05, 3.63) is 35.3 Å². The standard InChI is InChI=1S/C13H14FNO2/c1-8-10-7-9(14)3-4-12(10)15-11(8)5-6-13(16)17-2/h3-4,7,15H,5-6H2,1-2H3. The molecule has 0 saturated carbocycles. The summed E-state index contributed by atoms with van der Waals surface area (Å²) in [5.74, 6) is -0.492. The van der Waals surface area contributed by atoms with E-state index in [1.54, 1.807) is 6.07 Å². The molecule has 1 aromatic heterocycles. The van der Waals surface area contributed by atoms with Gasteiger partial charge in [-0.15, -0.1) is 0 Å². The number of H-pyrrole nitrogens is 1. The fourth-order valence-corrected chi connectivity index (χ4v) is 1.93. The monoisotopic (exact) mass is 235 g/mol.